The third-order valence-corrected chi connectivity index (χ3v) is 2.35. The zero-order valence-electron chi connectivity index (χ0n) is 8.95. The monoisotopic (exact) mass is 198 g/mol. The van der Waals surface area contributed by atoms with E-state index in [4.69, 9.17) is 0 Å². The fraction of sp³-hybridized carbons (Fsp3) is 0.800. The molecule has 1 rings (SSSR count). The smallest absolute Gasteiger partial charge is 0.230 e. The molecule has 0 saturated carbocycles. The molecule has 1 amide bonds. The molecule has 0 N–H and O–H groups in total. The highest BCUT2D eigenvalue weighted by atomic mass is 16.2. The van der Waals surface area contributed by atoms with Crippen molar-refractivity contribution in [1.82, 2.24) is 9.80 Å². The molecule has 1 fully saturated rings. The summed E-state index contributed by atoms with van der Waals surface area (Å²) >= 11 is 0. The maximum Gasteiger partial charge on any atom is 0.230 e. The number of hydrogen-bond donors (Lipinski definition) is 0. The molecule has 0 atom stereocenters. The predicted octanol–water partition coefficient (Wildman–Crippen LogP) is 0.130. The molecule has 0 aromatic carbocycles. The minimum absolute atomic E-state index is 0.000136. The van der Waals surface area contributed by atoms with Crippen LogP contribution in [0.4, 0.5) is 0 Å². The number of nitrogens with zero attached hydrogens (tertiary/aromatic N) is 2. The van der Waals surface area contributed by atoms with Crippen LogP contribution in [-0.2, 0) is 9.59 Å². The first-order chi connectivity index (χ1) is 6.59. The second-order valence-electron chi connectivity index (χ2n) is 4.04. The average molecular weight is 198 g/mol. The fourth-order valence-corrected chi connectivity index (χ4v) is 1.57. The number of Topliss-reactive ketones (excluding diaryl/α,β-unsaturated/α-hetero) is 1. The van der Waals surface area contributed by atoms with Gasteiger partial charge in [-0.25, -0.2) is 0 Å². The molecule has 4 nitrogen and oxygen atoms in total. The lowest BCUT2D eigenvalue weighted by Crippen LogP contribution is -2.27. The Hall–Kier alpha value is -0.900. The van der Waals surface area contributed by atoms with Crippen LogP contribution in [-0.4, -0.2) is 55.2 Å². The Morgan fingerprint density at radius 2 is 2.00 bits per heavy atom. The van der Waals surface area contributed by atoms with Crippen LogP contribution < -0.4 is 0 Å². The zero-order valence-corrected chi connectivity index (χ0v) is 8.95. The van der Waals surface area contributed by atoms with Crippen LogP contribution in [0.25, 0.3) is 0 Å². The van der Waals surface area contributed by atoms with Crippen molar-refractivity contribution < 1.29 is 9.59 Å². The molecule has 0 aromatic rings. The van der Waals surface area contributed by atoms with Gasteiger partial charge in [-0.3, -0.25) is 9.59 Å². The van der Waals surface area contributed by atoms with Crippen LogP contribution in [0.5, 0.6) is 0 Å². The minimum atomic E-state index is -0.000136. The second kappa shape index (κ2) is 5.10. The van der Waals surface area contributed by atoms with E-state index in [1.165, 1.54) is 0 Å². The summed E-state index contributed by atoms with van der Waals surface area (Å²) in [5.74, 6) is 0.0578. The van der Waals surface area contributed by atoms with E-state index in [-0.39, 0.29) is 18.1 Å². The van der Waals surface area contributed by atoms with E-state index in [0.29, 0.717) is 6.54 Å². The Balaban J connectivity index is 2.13. The summed E-state index contributed by atoms with van der Waals surface area (Å²) in [6.07, 6.45) is 2.18. The lowest BCUT2D eigenvalue weighted by molar-refractivity contribution is -0.127. The van der Waals surface area contributed by atoms with Gasteiger partial charge in [0.15, 0.2) is 5.78 Å². The number of likely N-dealkylation sites (tertiary alicyclic amines) is 1. The molecular formula is C10H18N2O2. The molecule has 0 spiro atoms. The minimum Gasteiger partial charge on any atom is -0.335 e. The molecule has 1 aliphatic heterocycles. The van der Waals surface area contributed by atoms with Gasteiger partial charge in [-0.2, -0.15) is 0 Å². The summed E-state index contributed by atoms with van der Waals surface area (Å²) in [5.41, 5.74) is 0. The molecule has 4 heteroatoms. The summed E-state index contributed by atoms with van der Waals surface area (Å²) in [4.78, 5) is 25.9. The third kappa shape index (κ3) is 3.46. The van der Waals surface area contributed by atoms with Crippen LogP contribution in [0.3, 0.4) is 0 Å². The van der Waals surface area contributed by atoms with Crippen LogP contribution in [0.2, 0.25) is 0 Å². The van der Waals surface area contributed by atoms with Crippen molar-refractivity contribution in [3.05, 3.63) is 0 Å². The topological polar surface area (TPSA) is 40.6 Å². The summed E-state index contributed by atoms with van der Waals surface area (Å²) in [5, 5.41) is 0. The number of rotatable bonds is 5. The van der Waals surface area contributed by atoms with Crippen molar-refractivity contribution >= 4 is 11.7 Å². The highest BCUT2D eigenvalue weighted by Gasteiger charge is 2.26. The Morgan fingerprint density at radius 1 is 1.29 bits per heavy atom. The van der Waals surface area contributed by atoms with Crippen molar-refractivity contribution in [2.75, 3.05) is 33.7 Å². The van der Waals surface area contributed by atoms with Crippen molar-refractivity contribution in [3.63, 3.8) is 0 Å². The first kappa shape index (κ1) is 11.2. The SMILES string of the molecule is CN(C)CCCCN1CC(=O)CC1=O. The highest BCUT2D eigenvalue weighted by Crippen LogP contribution is 2.07. The van der Waals surface area contributed by atoms with Gasteiger partial charge in [-0.05, 0) is 33.5 Å². The molecule has 1 aliphatic rings. The van der Waals surface area contributed by atoms with Gasteiger partial charge in [-0.1, -0.05) is 0 Å². The van der Waals surface area contributed by atoms with Gasteiger partial charge < -0.3 is 9.80 Å². The van der Waals surface area contributed by atoms with Crippen LogP contribution in [0, 0.1) is 0 Å². The first-order valence-electron chi connectivity index (χ1n) is 5.04. The summed E-state index contributed by atoms with van der Waals surface area (Å²) in [6.45, 7) is 2.11. The maximum absolute atomic E-state index is 11.2. The lowest BCUT2D eigenvalue weighted by Gasteiger charge is -2.15. The third-order valence-electron chi connectivity index (χ3n) is 2.35. The molecule has 0 unspecified atom stereocenters. The molecule has 0 aromatic heterocycles. The molecule has 0 bridgehead atoms. The van der Waals surface area contributed by atoms with Crippen molar-refractivity contribution in [1.29, 1.82) is 0 Å². The van der Waals surface area contributed by atoms with E-state index in [1.807, 2.05) is 14.1 Å². The van der Waals surface area contributed by atoms with E-state index in [0.717, 1.165) is 25.9 Å². The predicted molar refractivity (Wildman–Crippen MR) is 54.0 cm³/mol. The molecule has 0 radical (unpaired) electrons. The van der Waals surface area contributed by atoms with Gasteiger partial charge in [0.05, 0.1) is 13.0 Å². The number of amides is 1. The second-order valence-corrected chi connectivity index (χ2v) is 4.04. The largest absolute Gasteiger partial charge is 0.335 e. The Bertz CT molecular complexity index is 226. The van der Waals surface area contributed by atoms with E-state index >= 15 is 0 Å². The van der Waals surface area contributed by atoms with Gasteiger partial charge in [0, 0.05) is 6.54 Å². The molecule has 14 heavy (non-hydrogen) atoms. The molecule has 80 valence electrons. The van der Waals surface area contributed by atoms with Crippen molar-refractivity contribution in [3.8, 4) is 0 Å². The molecular weight excluding hydrogens is 180 g/mol. The van der Waals surface area contributed by atoms with E-state index in [2.05, 4.69) is 4.90 Å². The number of ketones is 1. The maximum atomic E-state index is 11.2. The van der Waals surface area contributed by atoms with Crippen LogP contribution >= 0.6 is 0 Å². The normalized spacial score (nSPS) is 17.2. The summed E-state index contributed by atoms with van der Waals surface area (Å²) in [6, 6.07) is 0. The van der Waals surface area contributed by atoms with Gasteiger partial charge >= 0.3 is 0 Å². The summed E-state index contributed by atoms with van der Waals surface area (Å²) < 4.78 is 0. The van der Waals surface area contributed by atoms with Crippen molar-refractivity contribution in [2.24, 2.45) is 0 Å². The zero-order chi connectivity index (χ0) is 10.6. The Labute approximate surface area is 84.9 Å². The number of carbonyl (C=O) groups is 2. The van der Waals surface area contributed by atoms with Gasteiger partial charge in [0.25, 0.3) is 0 Å². The van der Waals surface area contributed by atoms with Gasteiger partial charge in [0.2, 0.25) is 5.91 Å². The Morgan fingerprint density at radius 3 is 2.50 bits per heavy atom. The summed E-state index contributed by atoms with van der Waals surface area (Å²) in [7, 11) is 4.06. The lowest BCUT2D eigenvalue weighted by atomic mass is 10.3. The quantitative estimate of drug-likeness (QED) is 0.466. The van der Waals surface area contributed by atoms with E-state index in [1.54, 1.807) is 4.90 Å². The first-order valence-corrected chi connectivity index (χ1v) is 5.04. The van der Waals surface area contributed by atoms with Crippen LogP contribution in [0.15, 0.2) is 0 Å². The molecule has 0 aliphatic carbocycles. The van der Waals surface area contributed by atoms with Gasteiger partial charge in [-0.15, -0.1) is 0 Å². The number of carbonyl (C=O) groups excluding carboxylic acids is 2. The van der Waals surface area contributed by atoms with E-state index in [9.17, 15) is 9.59 Å². The molecule has 1 saturated heterocycles. The fourth-order valence-electron chi connectivity index (χ4n) is 1.57. The number of hydrogen-bond acceptors (Lipinski definition) is 3. The van der Waals surface area contributed by atoms with E-state index < -0.39 is 0 Å². The standard InChI is InChI=1S/C10H18N2O2/c1-11(2)5-3-4-6-12-8-9(13)7-10(12)14/h3-8H2,1-2H3. The van der Waals surface area contributed by atoms with Crippen molar-refractivity contribution in [2.45, 2.75) is 19.3 Å². The van der Waals surface area contributed by atoms with Gasteiger partial charge in [0.1, 0.15) is 0 Å². The average Bonchev–Trinajstić information content (AvgIpc) is 2.39. The number of unbranched alkanes of at least 4 members (excludes halogenated alkanes) is 1. The molecule has 1 heterocycles. The Kier molecular flexibility index (Phi) is 4.07. The highest BCUT2D eigenvalue weighted by molar-refractivity contribution is 6.05. The van der Waals surface area contributed by atoms with Crippen LogP contribution in [0.1, 0.15) is 19.3 Å².